The van der Waals surface area contributed by atoms with Crippen molar-refractivity contribution >= 4 is 11.6 Å². The molecule has 8 rings (SSSR count). The highest BCUT2D eigenvalue weighted by Gasteiger charge is 2.83. The molecule has 2 aromatic carbocycles. The quantitative estimate of drug-likeness (QED) is 0.472. The van der Waals surface area contributed by atoms with E-state index in [-0.39, 0.29) is 63.3 Å². The number of Topliss-reactive ketones (excluding diaryl/α,β-unsaturated/α-hetero) is 2. The van der Waals surface area contributed by atoms with E-state index >= 15 is 0 Å². The lowest BCUT2D eigenvalue weighted by Gasteiger charge is -2.60. The molecule has 3 N–H and O–H groups in total. The van der Waals surface area contributed by atoms with Crippen molar-refractivity contribution < 1.29 is 53.3 Å². The van der Waals surface area contributed by atoms with Crippen molar-refractivity contribution in [1.29, 1.82) is 0 Å². The van der Waals surface area contributed by atoms with Crippen LogP contribution < -0.4 is 9.47 Å². The van der Waals surface area contributed by atoms with Gasteiger partial charge in [0.2, 0.25) is 5.79 Å². The van der Waals surface area contributed by atoms with Gasteiger partial charge in [0.15, 0.2) is 22.8 Å². The minimum atomic E-state index is -2.24. The molecule has 2 saturated heterocycles. The van der Waals surface area contributed by atoms with Crippen molar-refractivity contribution in [3.63, 3.8) is 0 Å². The lowest BCUT2D eigenvalue weighted by atomic mass is 9.52. The van der Waals surface area contributed by atoms with Crippen molar-refractivity contribution in [3.05, 3.63) is 57.2 Å². The highest BCUT2D eigenvalue weighted by molar-refractivity contribution is 6.15. The number of phenolic OH excluding ortho intramolecular Hbond substituents is 2. The summed E-state index contributed by atoms with van der Waals surface area (Å²) in [5.74, 6) is -4.40. The fraction of sp³-hybridized carbons (Fsp3) is 0.500. The summed E-state index contributed by atoms with van der Waals surface area (Å²) in [6, 6.07) is 4.08. The monoisotopic (exact) mass is 592 g/mol. The maximum atomic E-state index is 14.5. The van der Waals surface area contributed by atoms with Crippen LogP contribution in [0.5, 0.6) is 23.0 Å². The van der Waals surface area contributed by atoms with Crippen LogP contribution in [0.2, 0.25) is 0 Å². The fourth-order valence-corrected chi connectivity index (χ4v) is 8.97. The number of hydrogen-bond acceptors (Lipinski definition) is 11. The van der Waals surface area contributed by atoms with Gasteiger partial charge in [0.05, 0.1) is 55.7 Å². The molecule has 11 nitrogen and oxygen atoms in total. The van der Waals surface area contributed by atoms with Crippen molar-refractivity contribution in [1.82, 2.24) is 0 Å². The Morgan fingerprint density at radius 1 is 0.907 bits per heavy atom. The maximum absolute atomic E-state index is 14.5. The second kappa shape index (κ2) is 8.16. The summed E-state index contributed by atoms with van der Waals surface area (Å²) in [6.07, 6.45) is -3.19. The van der Waals surface area contributed by atoms with E-state index in [1.807, 2.05) is 6.92 Å². The van der Waals surface area contributed by atoms with Crippen LogP contribution in [0.15, 0.2) is 29.3 Å². The first-order valence-electron chi connectivity index (χ1n) is 14.5. The molecule has 2 bridgehead atoms. The molecule has 6 aliphatic rings. The Morgan fingerprint density at radius 3 is 2.33 bits per heavy atom. The van der Waals surface area contributed by atoms with Crippen molar-refractivity contribution in [2.75, 3.05) is 14.2 Å². The van der Waals surface area contributed by atoms with Gasteiger partial charge < -0.3 is 43.7 Å². The van der Waals surface area contributed by atoms with Crippen LogP contribution >= 0.6 is 0 Å². The van der Waals surface area contributed by atoms with Gasteiger partial charge in [-0.15, -0.1) is 0 Å². The number of ether oxygens (including phenoxy) is 6. The zero-order valence-electron chi connectivity index (χ0n) is 24.5. The molecular formula is C32H32O11. The molecule has 9 atom stereocenters. The van der Waals surface area contributed by atoms with Gasteiger partial charge in [-0.1, -0.05) is 0 Å². The summed E-state index contributed by atoms with van der Waals surface area (Å²) in [5.41, 5.74) is -3.20. The second-order valence-electron chi connectivity index (χ2n) is 12.5. The average molecular weight is 593 g/mol. The van der Waals surface area contributed by atoms with Crippen LogP contribution in [0.1, 0.15) is 71.5 Å². The predicted octanol–water partition coefficient (Wildman–Crippen LogP) is 2.98. The zero-order chi connectivity index (χ0) is 30.5. The van der Waals surface area contributed by atoms with Crippen LogP contribution in [0, 0.1) is 5.92 Å². The minimum Gasteiger partial charge on any atom is -0.507 e. The van der Waals surface area contributed by atoms with Gasteiger partial charge in [-0.2, -0.15) is 0 Å². The average Bonchev–Trinajstić information content (AvgIpc) is 3.28. The molecule has 0 saturated carbocycles. The topological polar surface area (TPSA) is 150 Å². The molecule has 11 heteroatoms. The SMILES string of the molecule is COc1cc(O)c2c(c1)[C@]1(O)c3c(OC)cc(O)c4c3[C@]3(O[C@@H]5[C@@H](C)O[C@H](C)[C@H](C2=O)[C@]51O3)C1=C(C4=O)[C@@H](C)O[C@H](C)C1. The summed E-state index contributed by atoms with van der Waals surface area (Å²) in [5, 5.41) is 36.1. The molecule has 2 aliphatic carbocycles. The Morgan fingerprint density at radius 2 is 1.63 bits per heavy atom. The summed E-state index contributed by atoms with van der Waals surface area (Å²) in [7, 11) is 2.79. The molecule has 2 spiro atoms. The number of hydrogen-bond donors (Lipinski definition) is 3. The molecule has 0 radical (unpaired) electrons. The Kier molecular flexibility index (Phi) is 5.14. The highest BCUT2D eigenvalue weighted by Crippen LogP contribution is 2.73. The first-order valence-corrected chi connectivity index (χ1v) is 14.5. The third-order valence-corrected chi connectivity index (χ3v) is 10.3. The molecule has 2 fully saturated rings. The molecule has 4 heterocycles. The van der Waals surface area contributed by atoms with Gasteiger partial charge in [-0.25, -0.2) is 0 Å². The van der Waals surface area contributed by atoms with Crippen LogP contribution in [0.3, 0.4) is 0 Å². The van der Waals surface area contributed by atoms with E-state index < -0.39 is 58.9 Å². The van der Waals surface area contributed by atoms with Crippen molar-refractivity contribution in [3.8, 4) is 23.0 Å². The number of methoxy groups -OCH3 is 2. The van der Waals surface area contributed by atoms with Gasteiger partial charge in [-0.05, 0) is 33.8 Å². The maximum Gasteiger partial charge on any atom is 0.221 e. The third kappa shape index (κ3) is 2.76. The molecule has 0 amide bonds. The van der Waals surface area contributed by atoms with E-state index in [1.54, 1.807) is 20.8 Å². The molecular weight excluding hydrogens is 560 g/mol. The summed E-state index contributed by atoms with van der Waals surface area (Å²) >= 11 is 0. The summed E-state index contributed by atoms with van der Waals surface area (Å²) in [4.78, 5) is 28.8. The van der Waals surface area contributed by atoms with Gasteiger partial charge in [0, 0.05) is 46.4 Å². The van der Waals surface area contributed by atoms with Gasteiger partial charge >= 0.3 is 0 Å². The lowest BCUT2D eigenvalue weighted by Crippen LogP contribution is -2.75. The second-order valence-corrected chi connectivity index (χ2v) is 12.5. The third-order valence-electron chi connectivity index (χ3n) is 10.3. The number of aliphatic hydroxyl groups is 1. The van der Waals surface area contributed by atoms with Crippen molar-refractivity contribution in [2.45, 2.75) is 81.6 Å². The molecule has 0 aromatic heterocycles. The number of aromatic hydroxyl groups is 2. The fourth-order valence-electron chi connectivity index (χ4n) is 8.97. The molecule has 0 unspecified atom stereocenters. The van der Waals surface area contributed by atoms with Crippen LogP contribution in [0.4, 0.5) is 0 Å². The first kappa shape index (κ1) is 27.1. The van der Waals surface area contributed by atoms with Gasteiger partial charge in [0.25, 0.3) is 0 Å². The Labute approximate surface area is 246 Å². The number of fused-ring (bicyclic) bond motifs is 3. The van der Waals surface area contributed by atoms with E-state index in [9.17, 15) is 24.9 Å². The number of carbonyl (C=O) groups excluding carboxylic acids is 2. The predicted molar refractivity (Wildman–Crippen MR) is 146 cm³/mol. The standard InChI is InChI=1S/C32H32O11/c1-11-7-17-21(12(2)40-11)27(35)23-19(34)10-20(39-6)25-26(23)32(17)42-29-14(4)41-13(3)24-28(36)22-16(8-15(38-5)9-18(22)33)30(25,37)31(24,29)43-32/h8-14,24,29,33-34,37H,7H2,1-6H3/t11-,12-,13-,14-,24-,29-,30+,31+,32+/m1/s1. The normalized spacial score (nSPS) is 40.0. The van der Waals surface area contributed by atoms with E-state index in [0.29, 0.717) is 11.1 Å². The minimum absolute atomic E-state index is 0.0168. The molecule has 43 heavy (non-hydrogen) atoms. The summed E-state index contributed by atoms with van der Waals surface area (Å²) < 4.78 is 37.8. The van der Waals surface area contributed by atoms with Crippen LogP contribution in [0.25, 0.3) is 0 Å². The first-order chi connectivity index (χ1) is 20.4. The largest absolute Gasteiger partial charge is 0.507 e. The molecule has 2 aromatic rings. The highest BCUT2D eigenvalue weighted by atomic mass is 16.8. The molecule has 226 valence electrons. The zero-order valence-corrected chi connectivity index (χ0v) is 24.5. The number of benzene rings is 2. The Hall–Kier alpha value is -3.48. The smallest absolute Gasteiger partial charge is 0.221 e. The van der Waals surface area contributed by atoms with Crippen LogP contribution in [-0.2, 0) is 30.3 Å². The lowest BCUT2D eigenvalue weighted by molar-refractivity contribution is -0.272. The molecule has 4 aliphatic heterocycles. The van der Waals surface area contributed by atoms with Crippen molar-refractivity contribution in [2.24, 2.45) is 5.92 Å². The number of rotatable bonds is 2. The number of ketones is 2. The van der Waals surface area contributed by atoms with E-state index in [1.165, 1.54) is 32.4 Å². The van der Waals surface area contributed by atoms with Gasteiger partial charge in [-0.3, -0.25) is 9.59 Å². The Bertz CT molecular complexity index is 1710. The van der Waals surface area contributed by atoms with E-state index in [4.69, 9.17) is 28.4 Å². The van der Waals surface area contributed by atoms with E-state index in [2.05, 4.69) is 0 Å². The Balaban J connectivity index is 1.60. The number of phenols is 2. The van der Waals surface area contributed by atoms with Crippen LogP contribution in [-0.4, -0.2) is 77.2 Å². The number of carbonyl (C=O) groups is 2. The summed E-state index contributed by atoms with van der Waals surface area (Å²) in [6.45, 7) is 7.16. The van der Waals surface area contributed by atoms with E-state index in [0.717, 1.165) is 0 Å². The van der Waals surface area contributed by atoms with Gasteiger partial charge in [0.1, 0.15) is 29.1 Å².